The Bertz CT molecular complexity index is 2510. The summed E-state index contributed by atoms with van der Waals surface area (Å²) in [5.74, 6) is 0.777. The van der Waals surface area contributed by atoms with Crippen molar-refractivity contribution in [3.8, 4) is 5.75 Å². The third-order valence-electron chi connectivity index (χ3n) is 10.9. The standard InChI is InChI=1S/C54H40O/c1-9-25-41(26-10-1)49-50(42-27-11-2-12-28-42)52(44-31-15-4-16-32-44)54(47-37-21-7-22-38-47,55-48-39-23-8-24-40-48)53(45-33-17-5-18-34-45,46-35-19-6-20-36-46)51(49)43-29-13-3-14-30-43/h1-40H. The maximum Gasteiger partial charge on any atom is 0.178 e. The predicted octanol–water partition coefficient (Wildman–Crippen LogP) is 13.2. The van der Waals surface area contributed by atoms with Crippen molar-refractivity contribution in [1.29, 1.82) is 0 Å². The fourth-order valence-electron chi connectivity index (χ4n) is 8.81. The van der Waals surface area contributed by atoms with Crippen molar-refractivity contribution in [2.24, 2.45) is 0 Å². The highest BCUT2D eigenvalue weighted by atomic mass is 16.5. The molecule has 1 unspecified atom stereocenters. The molecule has 55 heavy (non-hydrogen) atoms. The van der Waals surface area contributed by atoms with Crippen LogP contribution in [0.25, 0.3) is 22.3 Å². The molecule has 0 radical (unpaired) electrons. The van der Waals surface area contributed by atoms with Crippen LogP contribution in [0.15, 0.2) is 243 Å². The fraction of sp³-hybridized carbons (Fsp3) is 0.0370. The first-order valence-corrected chi connectivity index (χ1v) is 18.9. The summed E-state index contributed by atoms with van der Waals surface area (Å²) in [4.78, 5) is 0. The van der Waals surface area contributed by atoms with Gasteiger partial charge in [-0.2, -0.15) is 0 Å². The second kappa shape index (κ2) is 14.8. The number of benzene rings is 8. The molecule has 1 aliphatic rings. The molecule has 0 saturated carbocycles. The van der Waals surface area contributed by atoms with E-state index in [0.29, 0.717) is 0 Å². The first-order valence-electron chi connectivity index (χ1n) is 18.9. The molecule has 8 aromatic rings. The predicted molar refractivity (Wildman–Crippen MR) is 228 cm³/mol. The number of rotatable bonds is 9. The molecule has 0 spiro atoms. The van der Waals surface area contributed by atoms with Crippen LogP contribution in [0.2, 0.25) is 0 Å². The van der Waals surface area contributed by atoms with Gasteiger partial charge in [-0.3, -0.25) is 0 Å². The van der Waals surface area contributed by atoms with Crippen LogP contribution in [0.3, 0.4) is 0 Å². The lowest BCUT2D eigenvalue weighted by Gasteiger charge is -2.57. The number of allylic oxidation sites excluding steroid dienone is 2. The van der Waals surface area contributed by atoms with Crippen LogP contribution in [-0.4, -0.2) is 0 Å². The molecule has 1 nitrogen and oxygen atoms in total. The summed E-state index contributed by atoms with van der Waals surface area (Å²) in [5.41, 5.74) is 10.1. The van der Waals surface area contributed by atoms with Crippen molar-refractivity contribution in [3.05, 3.63) is 282 Å². The van der Waals surface area contributed by atoms with Gasteiger partial charge in [-0.15, -0.1) is 0 Å². The maximum atomic E-state index is 8.12. The highest BCUT2D eigenvalue weighted by molar-refractivity contribution is 6.27. The van der Waals surface area contributed by atoms with Crippen LogP contribution in [-0.2, 0) is 11.0 Å². The van der Waals surface area contributed by atoms with E-state index in [1.54, 1.807) is 0 Å². The second-order valence-corrected chi connectivity index (χ2v) is 13.9. The molecule has 0 amide bonds. The zero-order chi connectivity index (χ0) is 36.9. The van der Waals surface area contributed by atoms with Crippen LogP contribution >= 0.6 is 0 Å². The van der Waals surface area contributed by atoms with E-state index in [2.05, 4.69) is 243 Å². The Balaban J connectivity index is 1.66. The van der Waals surface area contributed by atoms with Crippen LogP contribution in [0.5, 0.6) is 5.75 Å². The van der Waals surface area contributed by atoms with Crippen molar-refractivity contribution < 1.29 is 4.74 Å². The van der Waals surface area contributed by atoms with Gasteiger partial charge in [0.1, 0.15) is 5.75 Å². The Morgan fingerprint density at radius 1 is 0.255 bits per heavy atom. The monoisotopic (exact) mass is 704 g/mol. The zero-order valence-corrected chi connectivity index (χ0v) is 30.5. The molecule has 0 aromatic heterocycles. The van der Waals surface area contributed by atoms with Gasteiger partial charge in [0.15, 0.2) is 5.60 Å². The quantitative estimate of drug-likeness (QED) is 0.145. The van der Waals surface area contributed by atoms with E-state index in [0.717, 1.165) is 67.0 Å². The molecule has 9 rings (SSSR count). The molecule has 0 saturated heterocycles. The normalized spacial score (nSPS) is 16.4. The first kappa shape index (κ1) is 33.8. The molecule has 0 N–H and O–H groups in total. The number of hydrogen-bond acceptors (Lipinski definition) is 1. The van der Waals surface area contributed by atoms with E-state index in [1.807, 2.05) is 0 Å². The van der Waals surface area contributed by atoms with Crippen molar-refractivity contribution >= 4 is 22.3 Å². The molecule has 8 aromatic carbocycles. The molecule has 0 heterocycles. The third kappa shape index (κ3) is 5.73. The van der Waals surface area contributed by atoms with Gasteiger partial charge in [-0.1, -0.05) is 231 Å². The van der Waals surface area contributed by atoms with Crippen molar-refractivity contribution in [2.45, 2.75) is 11.0 Å². The summed E-state index contributed by atoms with van der Waals surface area (Å²) in [6, 6.07) is 87.0. The topological polar surface area (TPSA) is 9.23 Å². The Kier molecular flexibility index (Phi) is 9.12. The summed E-state index contributed by atoms with van der Waals surface area (Å²) in [6.07, 6.45) is 0. The van der Waals surface area contributed by atoms with Crippen molar-refractivity contribution in [1.82, 2.24) is 0 Å². The van der Waals surface area contributed by atoms with Crippen LogP contribution in [0.4, 0.5) is 0 Å². The van der Waals surface area contributed by atoms with Gasteiger partial charge in [-0.25, -0.2) is 0 Å². The van der Waals surface area contributed by atoms with Crippen LogP contribution in [0.1, 0.15) is 38.9 Å². The Labute approximate surface area is 324 Å². The summed E-state index contributed by atoms with van der Waals surface area (Å²) in [6.45, 7) is 0. The SMILES string of the molecule is c1ccc(OC2(c3ccccc3)C(c3ccccc3)=C(c3ccccc3)C(c3ccccc3)=C(c3ccccc3)C2(c2ccccc2)c2ccccc2)cc1. The molecular formula is C54H40O. The summed E-state index contributed by atoms with van der Waals surface area (Å²) < 4.78 is 8.12. The number of hydrogen-bond donors (Lipinski definition) is 0. The van der Waals surface area contributed by atoms with Gasteiger partial charge in [-0.05, 0) is 62.2 Å². The zero-order valence-electron chi connectivity index (χ0n) is 30.5. The molecule has 0 fully saturated rings. The van der Waals surface area contributed by atoms with E-state index in [1.165, 1.54) is 0 Å². The minimum absolute atomic E-state index is 0.777. The average Bonchev–Trinajstić information content (AvgIpc) is 3.28. The molecule has 0 bridgehead atoms. The lowest BCUT2D eigenvalue weighted by molar-refractivity contribution is 0.0824. The minimum Gasteiger partial charge on any atom is -0.476 e. The molecule has 0 aliphatic heterocycles. The van der Waals surface area contributed by atoms with Crippen LogP contribution in [0, 0.1) is 0 Å². The summed E-state index contributed by atoms with van der Waals surface area (Å²) >= 11 is 0. The third-order valence-corrected chi connectivity index (χ3v) is 10.9. The van der Waals surface area contributed by atoms with E-state index >= 15 is 0 Å². The molecule has 1 heteroatoms. The van der Waals surface area contributed by atoms with Crippen molar-refractivity contribution in [3.63, 3.8) is 0 Å². The molecule has 1 aliphatic carbocycles. The largest absolute Gasteiger partial charge is 0.476 e. The highest BCUT2D eigenvalue weighted by Crippen LogP contribution is 2.68. The molecular weight excluding hydrogens is 665 g/mol. The summed E-state index contributed by atoms with van der Waals surface area (Å²) in [7, 11) is 0. The van der Waals surface area contributed by atoms with Gasteiger partial charge in [0.25, 0.3) is 0 Å². The number of para-hydroxylation sites is 1. The molecule has 1 atom stereocenters. The van der Waals surface area contributed by atoms with Crippen LogP contribution < -0.4 is 4.74 Å². The van der Waals surface area contributed by atoms with E-state index in [-0.39, 0.29) is 0 Å². The minimum atomic E-state index is -1.20. The Morgan fingerprint density at radius 3 is 0.945 bits per heavy atom. The lowest BCUT2D eigenvalue weighted by Crippen LogP contribution is -2.57. The van der Waals surface area contributed by atoms with Gasteiger partial charge in [0.2, 0.25) is 0 Å². The summed E-state index contributed by atoms with van der Waals surface area (Å²) in [5, 5.41) is 0. The maximum absolute atomic E-state index is 8.12. The molecule has 262 valence electrons. The first-order chi connectivity index (χ1) is 27.3. The van der Waals surface area contributed by atoms with Gasteiger partial charge < -0.3 is 4.74 Å². The van der Waals surface area contributed by atoms with Gasteiger partial charge in [0, 0.05) is 11.1 Å². The Morgan fingerprint density at radius 2 is 0.545 bits per heavy atom. The van der Waals surface area contributed by atoms with Gasteiger partial charge in [0.05, 0.1) is 5.41 Å². The lowest BCUT2D eigenvalue weighted by atomic mass is 9.48. The second-order valence-electron chi connectivity index (χ2n) is 13.9. The van der Waals surface area contributed by atoms with Crippen molar-refractivity contribution in [2.75, 3.05) is 0 Å². The van der Waals surface area contributed by atoms with E-state index < -0.39 is 11.0 Å². The number of ether oxygens (including phenoxy) is 1. The van der Waals surface area contributed by atoms with E-state index in [9.17, 15) is 0 Å². The van der Waals surface area contributed by atoms with E-state index in [4.69, 9.17) is 4.74 Å². The fourth-order valence-corrected chi connectivity index (χ4v) is 8.81. The smallest absolute Gasteiger partial charge is 0.178 e. The highest BCUT2D eigenvalue weighted by Gasteiger charge is 2.65. The average molecular weight is 705 g/mol. The Hall–Kier alpha value is -6.96. The van der Waals surface area contributed by atoms with Gasteiger partial charge >= 0.3 is 0 Å².